The van der Waals surface area contributed by atoms with E-state index in [1.807, 2.05) is 26.1 Å². The Bertz CT molecular complexity index is 580. The molecule has 20 heavy (non-hydrogen) atoms. The van der Waals surface area contributed by atoms with Gasteiger partial charge in [0.15, 0.2) is 0 Å². The van der Waals surface area contributed by atoms with E-state index in [-0.39, 0.29) is 0 Å². The first kappa shape index (κ1) is 15.1. The van der Waals surface area contributed by atoms with Gasteiger partial charge in [-0.05, 0) is 56.8 Å². The molecule has 3 nitrogen and oxygen atoms in total. The first-order chi connectivity index (χ1) is 9.51. The van der Waals surface area contributed by atoms with Crippen LogP contribution >= 0.6 is 15.9 Å². The molecule has 0 fully saturated rings. The van der Waals surface area contributed by atoms with Crippen molar-refractivity contribution < 1.29 is 4.42 Å². The summed E-state index contributed by atoms with van der Waals surface area (Å²) in [4.78, 5) is 2.22. The summed E-state index contributed by atoms with van der Waals surface area (Å²) in [6.45, 7) is 4.90. The number of benzene rings is 1. The monoisotopic (exact) mass is 336 g/mol. The van der Waals surface area contributed by atoms with E-state index >= 15 is 0 Å². The minimum Gasteiger partial charge on any atom is -0.464 e. The average molecular weight is 337 g/mol. The molecule has 0 aliphatic heterocycles. The second-order valence-corrected chi connectivity index (χ2v) is 6.00. The summed E-state index contributed by atoms with van der Waals surface area (Å²) < 4.78 is 6.76. The van der Waals surface area contributed by atoms with Crippen molar-refractivity contribution in [2.24, 2.45) is 0 Å². The summed E-state index contributed by atoms with van der Waals surface area (Å²) >= 11 is 3.55. The Hall–Kier alpha value is -1.26. The molecule has 1 atom stereocenters. The highest BCUT2D eigenvalue weighted by Gasteiger charge is 2.14. The molecule has 2 rings (SSSR count). The SMILES string of the molecule is CNC(C)c1cc(Br)ccc1N(C)Cc1ccc(C)o1. The maximum Gasteiger partial charge on any atom is 0.123 e. The normalized spacial score (nSPS) is 12.4. The average Bonchev–Trinajstić information content (AvgIpc) is 2.82. The van der Waals surface area contributed by atoms with Crippen LogP contribution in [0, 0.1) is 6.92 Å². The molecule has 0 saturated carbocycles. The Morgan fingerprint density at radius 3 is 2.65 bits per heavy atom. The molecule has 1 aromatic carbocycles. The Kier molecular flexibility index (Phi) is 4.89. The van der Waals surface area contributed by atoms with Crippen LogP contribution in [-0.2, 0) is 6.54 Å². The van der Waals surface area contributed by atoms with Gasteiger partial charge < -0.3 is 14.6 Å². The summed E-state index contributed by atoms with van der Waals surface area (Å²) in [5.74, 6) is 1.93. The zero-order chi connectivity index (χ0) is 14.7. The second-order valence-electron chi connectivity index (χ2n) is 5.08. The number of nitrogens with one attached hydrogen (secondary N) is 1. The van der Waals surface area contributed by atoms with Gasteiger partial charge >= 0.3 is 0 Å². The molecule has 1 aromatic heterocycles. The Morgan fingerprint density at radius 1 is 1.30 bits per heavy atom. The van der Waals surface area contributed by atoms with Gasteiger partial charge in [0, 0.05) is 23.2 Å². The smallest absolute Gasteiger partial charge is 0.123 e. The van der Waals surface area contributed by atoms with Crippen LogP contribution in [0.5, 0.6) is 0 Å². The second kappa shape index (κ2) is 6.46. The van der Waals surface area contributed by atoms with Crippen molar-refractivity contribution in [2.75, 3.05) is 19.0 Å². The summed E-state index contributed by atoms with van der Waals surface area (Å²) in [5, 5.41) is 3.30. The fourth-order valence-corrected chi connectivity index (χ4v) is 2.64. The summed E-state index contributed by atoms with van der Waals surface area (Å²) in [7, 11) is 4.07. The number of hydrogen-bond acceptors (Lipinski definition) is 3. The molecule has 0 amide bonds. The van der Waals surface area contributed by atoms with Crippen LogP contribution in [0.1, 0.15) is 30.0 Å². The minimum atomic E-state index is 0.295. The lowest BCUT2D eigenvalue weighted by atomic mass is 10.1. The molecule has 108 valence electrons. The molecule has 1 heterocycles. The quantitative estimate of drug-likeness (QED) is 0.883. The van der Waals surface area contributed by atoms with E-state index in [0.717, 1.165) is 22.5 Å². The van der Waals surface area contributed by atoms with Gasteiger partial charge in [0.25, 0.3) is 0 Å². The van der Waals surface area contributed by atoms with E-state index in [1.165, 1.54) is 11.3 Å². The third-order valence-electron chi connectivity index (χ3n) is 3.49. The molecule has 0 aliphatic rings. The first-order valence-electron chi connectivity index (χ1n) is 6.74. The van der Waals surface area contributed by atoms with Crippen molar-refractivity contribution in [1.29, 1.82) is 0 Å². The van der Waals surface area contributed by atoms with Crippen molar-refractivity contribution >= 4 is 21.6 Å². The van der Waals surface area contributed by atoms with Crippen LogP contribution < -0.4 is 10.2 Å². The number of nitrogens with zero attached hydrogens (tertiary/aromatic N) is 1. The lowest BCUT2D eigenvalue weighted by Gasteiger charge is -2.24. The number of halogens is 1. The van der Waals surface area contributed by atoms with Gasteiger partial charge in [-0.2, -0.15) is 0 Å². The molecule has 1 N–H and O–H groups in total. The number of rotatable bonds is 5. The van der Waals surface area contributed by atoms with Crippen LogP contribution in [0.15, 0.2) is 39.2 Å². The third kappa shape index (κ3) is 3.44. The molecule has 0 bridgehead atoms. The predicted molar refractivity (Wildman–Crippen MR) is 87.2 cm³/mol. The van der Waals surface area contributed by atoms with Gasteiger partial charge in [-0.15, -0.1) is 0 Å². The Balaban J connectivity index is 2.26. The van der Waals surface area contributed by atoms with E-state index < -0.39 is 0 Å². The molecular formula is C16H21BrN2O. The van der Waals surface area contributed by atoms with Crippen molar-refractivity contribution in [3.63, 3.8) is 0 Å². The summed E-state index contributed by atoms with van der Waals surface area (Å²) in [6.07, 6.45) is 0. The van der Waals surface area contributed by atoms with Gasteiger partial charge in [-0.1, -0.05) is 15.9 Å². The maximum atomic E-state index is 5.66. The van der Waals surface area contributed by atoms with E-state index in [2.05, 4.69) is 58.3 Å². The number of aryl methyl sites for hydroxylation is 1. The maximum absolute atomic E-state index is 5.66. The summed E-state index contributed by atoms with van der Waals surface area (Å²) in [5.41, 5.74) is 2.48. The van der Waals surface area contributed by atoms with Gasteiger partial charge in [0.2, 0.25) is 0 Å². The molecule has 0 spiro atoms. The lowest BCUT2D eigenvalue weighted by Crippen LogP contribution is -2.21. The van der Waals surface area contributed by atoms with Crippen LogP contribution in [-0.4, -0.2) is 14.1 Å². The lowest BCUT2D eigenvalue weighted by molar-refractivity contribution is 0.481. The van der Waals surface area contributed by atoms with E-state index in [9.17, 15) is 0 Å². The van der Waals surface area contributed by atoms with Crippen molar-refractivity contribution in [1.82, 2.24) is 5.32 Å². The Morgan fingerprint density at radius 2 is 2.05 bits per heavy atom. The third-order valence-corrected chi connectivity index (χ3v) is 3.98. The molecule has 2 aromatic rings. The molecule has 0 aliphatic carbocycles. The minimum absolute atomic E-state index is 0.295. The van der Waals surface area contributed by atoms with Gasteiger partial charge in [-0.25, -0.2) is 0 Å². The zero-order valence-corrected chi connectivity index (χ0v) is 14.0. The highest BCUT2D eigenvalue weighted by molar-refractivity contribution is 9.10. The summed E-state index contributed by atoms with van der Waals surface area (Å²) in [6, 6.07) is 10.7. The number of furan rings is 1. The van der Waals surface area contributed by atoms with Crippen molar-refractivity contribution in [3.8, 4) is 0 Å². The van der Waals surface area contributed by atoms with E-state index in [1.54, 1.807) is 0 Å². The van der Waals surface area contributed by atoms with Gasteiger partial charge in [0.05, 0.1) is 6.54 Å². The van der Waals surface area contributed by atoms with E-state index in [0.29, 0.717) is 6.04 Å². The first-order valence-corrected chi connectivity index (χ1v) is 7.53. The number of hydrogen-bond donors (Lipinski definition) is 1. The largest absolute Gasteiger partial charge is 0.464 e. The molecule has 0 radical (unpaired) electrons. The van der Waals surface area contributed by atoms with Gasteiger partial charge in [0.1, 0.15) is 11.5 Å². The van der Waals surface area contributed by atoms with Crippen molar-refractivity contribution in [2.45, 2.75) is 26.4 Å². The highest BCUT2D eigenvalue weighted by atomic mass is 79.9. The topological polar surface area (TPSA) is 28.4 Å². The molecule has 0 saturated heterocycles. The van der Waals surface area contributed by atoms with Crippen LogP contribution in [0.4, 0.5) is 5.69 Å². The standard InChI is InChI=1S/C16H21BrN2O/c1-11-5-7-14(20-11)10-19(4)16-8-6-13(17)9-15(16)12(2)18-3/h5-9,12,18H,10H2,1-4H3. The molecular weight excluding hydrogens is 316 g/mol. The number of anilines is 1. The molecule has 1 unspecified atom stereocenters. The molecule has 4 heteroatoms. The van der Waals surface area contributed by atoms with Crippen LogP contribution in [0.2, 0.25) is 0 Å². The van der Waals surface area contributed by atoms with Crippen LogP contribution in [0.25, 0.3) is 0 Å². The van der Waals surface area contributed by atoms with Crippen molar-refractivity contribution in [3.05, 3.63) is 51.9 Å². The van der Waals surface area contributed by atoms with E-state index in [4.69, 9.17) is 4.42 Å². The fourth-order valence-electron chi connectivity index (χ4n) is 2.26. The fraction of sp³-hybridized carbons (Fsp3) is 0.375. The highest BCUT2D eigenvalue weighted by Crippen LogP contribution is 2.29. The zero-order valence-electron chi connectivity index (χ0n) is 12.4. The predicted octanol–water partition coefficient (Wildman–Crippen LogP) is 4.27. The van der Waals surface area contributed by atoms with Crippen LogP contribution in [0.3, 0.4) is 0 Å². The Labute approximate surface area is 129 Å². The van der Waals surface area contributed by atoms with Gasteiger partial charge in [-0.3, -0.25) is 0 Å².